The van der Waals surface area contributed by atoms with Gasteiger partial charge in [0.25, 0.3) is 0 Å². The Morgan fingerprint density at radius 3 is 2.67 bits per heavy atom. The molecule has 0 aliphatic heterocycles. The lowest BCUT2D eigenvalue weighted by atomic mass is 10.2. The monoisotopic (exact) mass is 311 g/mol. The minimum atomic E-state index is -2.86. The Morgan fingerprint density at radius 1 is 1.33 bits per heavy atom. The van der Waals surface area contributed by atoms with Gasteiger partial charge < -0.3 is 10.6 Å². The molecule has 1 aromatic carbocycles. The van der Waals surface area contributed by atoms with Gasteiger partial charge in [-0.1, -0.05) is 11.8 Å². The second-order valence-corrected chi connectivity index (χ2v) is 4.90. The Morgan fingerprint density at radius 2 is 2.05 bits per heavy atom. The molecular formula is C12H11F2N5OS. The summed E-state index contributed by atoms with van der Waals surface area (Å²) in [5.41, 5.74) is 0.624. The molecule has 0 atom stereocenters. The maximum atomic E-state index is 12.1. The van der Waals surface area contributed by atoms with Crippen LogP contribution in [0.3, 0.4) is 0 Å². The molecule has 0 amide bonds. The van der Waals surface area contributed by atoms with E-state index < -0.39 is 6.61 Å². The number of rotatable bonds is 6. The summed E-state index contributed by atoms with van der Waals surface area (Å²) in [4.78, 5) is 0. The molecule has 0 fully saturated rings. The zero-order chi connectivity index (χ0) is 15.2. The van der Waals surface area contributed by atoms with Crippen molar-refractivity contribution >= 4 is 11.8 Å². The first kappa shape index (κ1) is 15.1. The first-order valence-corrected chi connectivity index (χ1v) is 6.86. The van der Waals surface area contributed by atoms with E-state index >= 15 is 0 Å². The lowest BCUT2D eigenvalue weighted by Crippen LogP contribution is -2.11. The standard InChI is InChI=1S/C12H11F2N5OS/c13-11(14)20-9-4-2-8(3-5-9)10-17-18-12(19(10)16)21-7-1-6-15/h2-5,11H,1,7,16H2. The van der Waals surface area contributed by atoms with Gasteiger partial charge in [0.2, 0.25) is 5.16 Å². The molecule has 2 rings (SSSR count). The van der Waals surface area contributed by atoms with E-state index in [9.17, 15) is 8.78 Å². The topological polar surface area (TPSA) is 89.8 Å². The lowest BCUT2D eigenvalue weighted by Gasteiger charge is -2.06. The fourth-order valence-corrected chi connectivity index (χ4v) is 2.25. The van der Waals surface area contributed by atoms with Gasteiger partial charge in [-0.05, 0) is 24.3 Å². The van der Waals surface area contributed by atoms with Gasteiger partial charge in [0.05, 0.1) is 6.07 Å². The van der Waals surface area contributed by atoms with Crippen LogP contribution in [0.5, 0.6) is 5.75 Å². The number of halogens is 2. The van der Waals surface area contributed by atoms with E-state index in [1.807, 2.05) is 6.07 Å². The summed E-state index contributed by atoms with van der Waals surface area (Å²) in [5, 5.41) is 16.8. The normalized spacial score (nSPS) is 10.6. The van der Waals surface area contributed by atoms with Crippen LogP contribution in [-0.2, 0) is 0 Å². The molecule has 1 aromatic heterocycles. The van der Waals surface area contributed by atoms with Crippen LogP contribution in [0.25, 0.3) is 11.4 Å². The number of nitrogen functional groups attached to an aromatic ring is 1. The van der Waals surface area contributed by atoms with Gasteiger partial charge in [-0.15, -0.1) is 10.2 Å². The van der Waals surface area contributed by atoms with Crippen LogP contribution >= 0.6 is 11.8 Å². The molecule has 0 saturated heterocycles. The quantitative estimate of drug-likeness (QED) is 0.500. The Kier molecular flexibility index (Phi) is 4.94. The van der Waals surface area contributed by atoms with E-state index in [-0.39, 0.29) is 5.75 Å². The van der Waals surface area contributed by atoms with Gasteiger partial charge in [0, 0.05) is 17.7 Å². The van der Waals surface area contributed by atoms with Crippen molar-refractivity contribution in [1.82, 2.24) is 14.9 Å². The number of benzene rings is 1. The summed E-state index contributed by atoms with van der Waals surface area (Å²) in [7, 11) is 0. The maximum absolute atomic E-state index is 12.1. The molecule has 0 spiro atoms. The number of thioether (sulfide) groups is 1. The van der Waals surface area contributed by atoms with Crippen molar-refractivity contribution in [1.29, 1.82) is 5.26 Å². The molecule has 9 heteroatoms. The second-order valence-electron chi connectivity index (χ2n) is 3.84. The van der Waals surface area contributed by atoms with E-state index in [1.165, 1.54) is 28.6 Å². The number of hydrogen-bond acceptors (Lipinski definition) is 6. The van der Waals surface area contributed by atoms with Crippen molar-refractivity contribution in [3.63, 3.8) is 0 Å². The molecule has 110 valence electrons. The van der Waals surface area contributed by atoms with Crippen molar-refractivity contribution in [3.8, 4) is 23.2 Å². The first-order valence-electron chi connectivity index (χ1n) is 5.87. The predicted molar refractivity (Wildman–Crippen MR) is 73.2 cm³/mol. The number of ether oxygens (including phenoxy) is 1. The Balaban J connectivity index is 2.13. The van der Waals surface area contributed by atoms with Crippen molar-refractivity contribution < 1.29 is 13.5 Å². The predicted octanol–water partition coefficient (Wildman–Crippen LogP) is 2.27. The molecule has 1 heterocycles. The van der Waals surface area contributed by atoms with Crippen molar-refractivity contribution in [2.24, 2.45) is 0 Å². The van der Waals surface area contributed by atoms with Crippen molar-refractivity contribution in [2.75, 3.05) is 11.6 Å². The number of nitrogens with zero attached hydrogens (tertiary/aromatic N) is 4. The molecule has 6 nitrogen and oxygen atoms in total. The molecule has 2 aromatic rings. The Bertz CT molecular complexity index is 638. The molecule has 0 bridgehead atoms. The molecule has 0 aliphatic rings. The van der Waals surface area contributed by atoms with Crippen LogP contribution in [-0.4, -0.2) is 27.2 Å². The maximum Gasteiger partial charge on any atom is 0.387 e. The van der Waals surface area contributed by atoms with E-state index in [0.29, 0.717) is 28.7 Å². The van der Waals surface area contributed by atoms with E-state index in [0.717, 1.165) is 0 Å². The summed E-state index contributed by atoms with van der Waals surface area (Å²) in [6.07, 6.45) is 0.381. The van der Waals surface area contributed by atoms with Crippen LogP contribution in [0.4, 0.5) is 8.78 Å². The molecule has 0 aliphatic carbocycles. The van der Waals surface area contributed by atoms with Gasteiger partial charge in [-0.2, -0.15) is 14.0 Å². The Labute approximate surface area is 123 Å². The Hall–Kier alpha value is -2.34. The van der Waals surface area contributed by atoms with Crippen LogP contribution in [0.2, 0.25) is 0 Å². The van der Waals surface area contributed by atoms with Gasteiger partial charge in [0.1, 0.15) is 5.75 Å². The minimum Gasteiger partial charge on any atom is -0.435 e. The van der Waals surface area contributed by atoms with Crippen molar-refractivity contribution in [3.05, 3.63) is 24.3 Å². The number of nitriles is 1. The first-order chi connectivity index (χ1) is 10.1. The number of nitrogens with two attached hydrogens (primary N) is 1. The van der Waals surface area contributed by atoms with Gasteiger partial charge >= 0.3 is 6.61 Å². The van der Waals surface area contributed by atoms with Gasteiger partial charge in [0.15, 0.2) is 5.82 Å². The van der Waals surface area contributed by atoms with E-state index in [4.69, 9.17) is 11.1 Å². The third kappa shape index (κ3) is 3.82. The SMILES string of the molecule is N#CCCSc1nnc(-c2ccc(OC(F)F)cc2)n1N. The highest BCUT2D eigenvalue weighted by atomic mass is 32.2. The van der Waals surface area contributed by atoms with Crippen LogP contribution in [0.15, 0.2) is 29.4 Å². The largest absolute Gasteiger partial charge is 0.435 e. The molecule has 0 saturated carbocycles. The van der Waals surface area contributed by atoms with E-state index in [1.54, 1.807) is 12.1 Å². The van der Waals surface area contributed by atoms with Gasteiger partial charge in [-0.3, -0.25) is 0 Å². The average Bonchev–Trinajstić information content (AvgIpc) is 2.81. The highest BCUT2D eigenvalue weighted by Crippen LogP contribution is 2.24. The third-order valence-electron chi connectivity index (χ3n) is 2.45. The lowest BCUT2D eigenvalue weighted by molar-refractivity contribution is -0.0498. The average molecular weight is 311 g/mol. The number of aromatic nitrogens is 3. The fraction of sp³-hybridized carbons (Fsp3) is 0.250. The zero-order valence-electron chi connectivity index (χ0n) is 10.7. The molecule has 21 heavy (non-hydrogen) atoms. The summed E-state index contributed by atoms with van der Waals surface area (Å²) < 4.78 is 29.7. The van der Waals surface area contributed by atoms with Crippen LogP contribution < -0.4 is 10.6 Å². The summed E-state index contributed by atoms with van der Waals surface area (Å²) >= 11 is 1.32. The summed E-state index contributed by atoms with van der Waals surface area (Å²) in [5.74, 6) is 6.89. The number of alkyl halides is 2. The van der Waals surface area contributed by atoms with E-state index in [2.05, 4.69) is 14.9 Å². The number of hydrogen-bond donors (Lipinski definition) is 1. The van der Waals surface area contributed by atoms with Crippen molar-refractivity contribution in [2.45, 2.75) is 18.2 Å². The molecule has 2 N–H and O–H groups in total. The minimum absolute atomic E-state index is 0.0560. The smallest absolute Gasteiger partial charge is 0.387 e. The summed E-state index contributed by atoms with van der Waals surface area (Å²) in [6, 6.07) is 7.95. The third-order valence-corrected chi connectivity index (χ3v) is 3.39. The molecule has 0 radical (unpaired) electrons. The zero-order valence-corrected chi connectivity index (χ0v) is 11.6. The fourth-order valence-electron chi connectivity index (χ4n) is 1.55. The van der Waals surface area contributed by atoms with Crippen LogP contribution in [0.1, 0.15) is 6.42 Å². The molecule has 0 unspecified atom stereocenters. The summed E-state index contributed by atoms with van der Waals surface area (Å²) in [6.45, 7) is -2.86. The second kappa shape index (κ2) is 6.90. The van der Waals surface area contributed by atoms with Gasteiger partial charge in [-0.25, -0.2) is 4.68 Å². The van der Waals surface area contributed by atoms with Crippen LogP contribution in [0, 0.1) is 11.3 Å². The highest BCUT2D eigenvalue weighted by molar-refractivity contribution is 7.99. The highest BCUT2D eigenvalue weighted by Gasteiger charge is 2.12. The molecular weight excluding hydrogens is 300 g/mol.